The van der Waals surface area contributed by atoms with Crippen molar-refractivity contribution in [1.82, 2.24) is 9.97 Å². The Hall–Kier alpha value is -3.79. The van der Waals surface area contributed by atoms with Gasteiger partial charge in [0.05, 0.1) is 23.2 Å². The van der Waals surface area contributed by atoms with Crippen molar-refractivity contribution in [2.24, 2.45) is 0 Å². The molecule has 0 saturated heterocycles. The van der Waals surface area contributed by atoms with Gasteiger partial charge in [0, 0.05) is 0 Å². The van der Waals surface area contributed by atoms with E-state index in [2.05, 4.69) is 16.0 Å². The lowest BCUT2D eigenvalue weighted by Gasteiger charge is -2.11. The molecular weight excluding hydrogens is 346 g/mol. The zero-order chi connectivity index (χ0) is 19.2. The van der Waals surface area contributed by atoms with Crippen molar-refractivity contribution < 1.29 is 19.4 Å². The van der Waals surface area contributed by atoms with Crippen molar-refractivity contribution in [3.8, 4) is 17.6 Å². The maximum Gasteiger partial charge on any atom is 0.341 e. The largest absolute Gasteiger partial charge is 0.490 e. The topological polar surface area (TPSA) is 108 Å². The molecule has 3 aromatic rings. The first-order valence-corrected chi connectivity index (χ1v) is 8.29. The number of aromatic nitrogens is 2. The summed E-state index contributed by atoms with van der Waals surface area (Å²) in [6.45, 7) is 1.75. The van der Waals surface area contributed by atoms with Crippen LogP contribution in [0.4, 0.5) is 0 Å². The van der Waals surface area contributed by atoms with Gasteiger partial charge in [0.2, 0.25) is 0 Å². The fourth-order valence-electron chi connectivity index (χ4n) is 2.54. The van der Waals surface area contributed by atoms with Gasteiger partial charge in [-0.3, -0.25) is 0 Å². The molecule has 136 valence electrons. The van der Waals surface area contributed by atoms with E-state index in [0.29, 0.717) is 35.1 Å². The van der Waals surface area contributed by atoms with Gasteiger partial charge in [-0.05, 0) is 42.8 Å². The molecule has 2 N–H and O–H groups in total. The smallest absolute Gasteiger partial charge is 0.341 e. The van der Waals surface area contributed by atoms with Crippen LogP contribution in [0.1, 0.15) is 18.3 Å². The number of allylic oxidation sites excluding steroid dienone is 1. The Morgan fingerprint density at radius 1 is 1.26 bits per heavy atom. The van der Waals surface area contributed by atoms with Crippen molar-refractivity contribution in [3.63, 3.8) is 0 Å². The average molecular weight is 363 g/mol. The Bertz CT molecular complexity index is 1010. The Morgan fingerprint density at radius 2 is 2.07 bits per heavy atom. The van der Waals surface area contributed by atoms with Crippen LogP contribution in [-0.4, -0.2) is 34.3 Å². The Kier molecular flexibility index (Phi) is 5.38. The van der Waals surface area contributed by atoms with Gasteiger partial charge in [-0.1, -0.05) is 18.2 Å². The number of nitrogens with zero attached hydrogens (tertiary/aromatic N) is 2. The number of para-hydroxylation sites is 2. The first-order valence-electron chi connectivity index (χ1n) is 8.29. The molecule has 0 fully saturated rings. The summed E-state index contributed by atoms with van der Waals surface area (Å²) < 4.78 is 10.8. The molecule has 27 heavy (non-hydrogen) atoms. The maximum atomic E-state index is 10.7. The predicted molar refractivity (Wildman–Crippen MR) is 100 cm³/mol. The monoisotopic (exact) mass is 363 g/mol. The molecule has 7 heteroatoms. The lowest BCUT2D eigenvalue weighted by molar-refractivity contribution is -0.139. The number of imidazole rings is 1. The number of hydrogen-bond acceptors (Lipinski definition) is 5. The maximum absolute atomic E-state index is 10.7. The van der Waals surface area contributed by atoms with Crippen molar-refractivity contribution in [3.05, 3.63) is 53.9 Å². The summed E-state index contributed by atoms with van der Waals surface area (Å²) in [5.41, 5.74) is 2.70. The molecule has 3 rings (SSSR count). The zero-order valence-electron chi connectivity index (χ0n) is 14.6. The van der Waals surface area contributed by atoms with Gasteiger partial charge in [-0.25, -0.2) is 9.78 Å². The lowest BCUT2D eigenvalue weighted by Crippen LogP contribution is -2.10. The van der Waals surface area contributed by atoms with Crippen LogP contribution in [0.3, 0.4) is 0 Å². The normalized spacial score (nSPS) is 11.2. The van der Waals surface area contributed by atoms with E-state index in [-0.39, 0.29) is 0 Å². The zero-order valence-corrected chi connectivity index (χ0v) is 14.6. The highest BCUT2D eigenvalue weighted by atomic mass is 16.5. The number of benzene rings is 2. The summed E-state index contributed by atoms with van der Waals surface area (Å²) in [4.78, 5) is 18.3. The number of carboxylic acid groups (broad SMARTS) is 1. The van der Waals surface area contributed by atoms with Crippen LogP contribution in [0.5, 0.6) is 11.5 Å². The predicted octanol–water partition coefficient (Wildman–Crippen LogP) is 3.49. The molecule has 0 spiro atoms. The molecule has 1 heterocycles. The number of hydrogen-bond donors (Lipinski definition) is 2. The van der Waals surface area contributed by atoms with E-state index in [9.17, 15) is 10.1 Å². The minimum Gasteiger partial charge on any atom is -0.490 e. The van der Waals surface area contributed by atoms with E-state index in [1.165, 1.54) is 0 Å². The first kappa shape index (κ1) is 18.0. The fraction of sp³-hybridized carbons (Fsp3) is 0.150. The van der Waals surface area contributed by atoms with E-state index in [4.69, 9.17) is 14.6 Å². The second-order valence-electron chi connectivity index (χ2n) is 5.59. The van der Waals surface area contributed by atoms with Crippen molar-refractivity contribution in [2.75, 3.05) is 13.2 Å². The number of carbonyl (C=O) groups is 1. The van der Waals surface area contributed by atoms with Crippen molar-refractivity contribution >= 4 is 28.7 Å². The molecule has 0 aliphatic carbocycles. The quantitative estimate of drug-likeness (QED) is 0.622. The summed E-state index contributed by atoms with van der Waals surface area (Å²) in [5, 5.41) is 18.3. The van der Waals surface area contributed by atoms with Gasteiger partial charge in [0.25, 0.3) is 0 Å². The summed E-state index contributed by atoms with van der Waals surface area (Å²) in [6, 6.07) is 14.7. The van der Waals surface area contributed by atoms with Crippen LogP contribution in [-0.2, 0) is 4.79 Å². The van der Waals surface area contributed by atoms with Crippen LogP contribution < -0.4 is 9.47 Å². The third kappa shape index (κ3) is 4.25. The molecule has 0 bridgehead atoms. The minimum absolute atomic E-state index is 0.332. The second kappa shape index (κ2) is 8.06. The van der Waals surface area contributed by atoms with Gasteiger partial charge < -0.3 is 19.6 Å². The molecule has 0 saturated carbocycles. The highest BCUT2D eigenvalue weighted by molar-refractivity contribution is 5.90. The van der Waals surface area contributed by atoms with Gasteiger partial charge >= 0.3 is 5.97 Å². The molecule has 2 aromatic carbocycles. The SMILES string of the molecule is CCOc1cc(C=C(C#N)c2nc3ccccc3[nH]2)ccc1OCC(=O)O. The van der Waals surface area contributed by atoms with E-state index in [1.807, 2.05) is 31.2 Å². The summed E-state index contributed by atoms with van der Waals surface area (Å²) in [5.74, 6) is 0.147. The summed E-state index contributed by atoms with van der Waals surface area (Å²) in [7, 11) is 0. The lowest BCUT2D eigenvalue weighted by atomic mass is 10.1. The van der Waals surface area contributed by atoms with E-state index in [1.54, 1.807) is 24.3 Å². The molecule has 0 amide bonds. The van der Waals surface area contributed by atoms with Gasteiger partial charge in [-0.2, -0.15) is 5.26 Å². The van der Waals surface area contributed by atoms with Crippen LogP contribution in [0.2, 0.25) is 0 Å². The number of fused-ring (bicyclic) bond motifs is 1. The van der Waals surface area contributed by atoms with Crippen molar-refractivity contribution in [1.29, 1.82) is 5.26 Å². The summed E-state index contributed by atoms with van der Waals surface area (Å²) >= 11 is 0. The third-order valence-corrected chi connectivity index (χ3v) is 3.69. The van der Waals surface area contributed by atoms with Gasteiger partial charge in [0.15, 0.2) is 18.1 Å². The number of carboxylic acids is 1. The number of aliphatic carboxylic acids is 1. The number of aromatic amines is 1. The minimum atomic E-state index is -1.07. The van der Waals surface area contributed by atoms with Gasteiger partial charge in [0.1, 0.15) is 11.9 Å². The fourth-order valence-corrected chi connectivity index (χ4v) is 2.54. The van der Waals surface area contributed by atoms with Crippen LogP contribution in [0.15, 0.2) is 42.5 Å². The molecule has 0 radical (unpaired) electrons. The van der Waals surface area contributed by atoms with Crippen molar-refractivity contribution in [2.45, 2.75) is 6.92 Å². The molecule has 0 aliphatic rings. The molecule has 0 unspecified atom stereocenters. The second-order valence-corrected chi connectivity index (χ2v) is 5.59. The Balaban J connectivity index is 1.94. The van der Waals surface area contributed by atoms with E-state index < -0.39 is 12.6 Å². The van der Waals surface area contributed by atoms with Crippen LogP contribution in [0.25, 0.3) is 22.7 Å². The molecule has 1 aromatic heterocycles. The standard InChI is InChI=1S/C20H17N3O4/c1-2-26-18-10-13(7-8-17(18)27-12-19(24)25)9-14(11-21)20-22-15-5-3-4-6-16(15)23-20/h3-10H,2,12H2,1H3,(H,22,23)(H,24,25). The van der Waals surface area contributed by atoms with Crippen LogP contribution >= 0.6 is 0 Å². The first-order chi connectivity index (χ1) is 13.1. The van der Waals surface area contributed by atoms with Gasteiger partial charge in [-0.15, -0.1) is 0 Å². The number of rotatable bonds is 7. The van der Waals surface area contributed by atoms with Crippen LogP contribution in [0, 0.1) is 11.3 Å². The Morgan fingerprint density at radius 3 is 2.78 bits per heavy atom. The molecule has 7 nitrogen and oxygen atoms in total. The highest BCUT2D eigenvalue weighted by Gasteiger charge is 2.11. The number of H-pyrrole nitrogens is 1. The molecule has 0 aliphatic heterocycles. The average Bonchev–Trinajstić information content (AvgIpc) is 3.09. The third-order valence-electron chi connectivity index (χ3n) is 3.69. The number of ether oxygens (including phenoxy) is 2. The van der Waals surface area contributed by atoms with E-state index >= 15 is 0 Å². The number of nitrogens with one attached hydrogen (secondary N) is 1. The highest BCUT2D eigenvalue weighted by Crippen LogP contribution is 2.30. The van der Waals surface area contributed by atoms with E-state index in [0.717, 1.165) is 11.0 Å². The molecule has 0 atom stereocenters. The Labute approximate surface area is 155 Å². The number of nitriles is 1. The molecular formula is C20H17N3O4. The summed E-state index contributed by atoms with van der Waals surface area (Å²) in [6.07, 6.45) is 1.68.